The summed E-state index contributed by atoms with van der Waals surface area (Å²) in [6, 6.07) is 1.02. The van der Waals surface area contributed by atoms with Gasteiger partial charge in [-0.15, -0.1) is 0 Å². The van der Waals surface area contributed by atoms with Gasteiger partial charge in [0.05, 0.1) is 19.1 Å². The predicted molar refractivity (Wildman–Crippen MR) is 63.1 cm³/mol. The molecular formula is C13H26N2. The minimum Gasteiger partial charge on any atom is -0.512 e. The van der Waals surface area contributed by atoms with Crippen molar-refractivity contribution in [2.24, 2.45) is 0 Å². The van der Waals surface area contributed by atoms with E-state index in [-0.39, 0.29) is 0 Å². The molecule has 0 saturated carbocycles. The van der Waals surface area contributed by atoms with E-state index in [2.05, 4.69) is 13.8 Å². The summed E-state index contributed by atoms with van der Waals surface area (Å²) in [5, 5.41) is 6.25. The summed E-state index contributed by atoms with van der Waals surface area (Å²) < 4.78 is 0. The Morgan fingerprint density at radius 3 is 2.47 bits per heavy atom. The highest BCUT2D eigenvalue weighted by molar-refractivity contribution is 4.62. The number of hydrogen-bond donors (Lipinski definition) is 1. The van der Waals surface area contributed by atoms with Crippen molar-refractivity contribution in [3.63, 3.8) is 0 Å². The number of likely N-dealkylation sites (tertiary alicyclic amines) is 1. The van der Waals surface area contributed by atoms with Gasteiger partial charge < -0.3 is 16.7 Å². The van der Waals surface area contributed by atoms with Crippen LogP contribution in [0.4, 0.5) is 0 Å². The maximum absolute atomic E-state index is 6.25. The molecule has 0 aliphatic carbocycles. The first-order valence-corrected chi connectivity index (χ1v) is 6.45. The Kier molecular flexibility index (Phi) is 9.62. The van der Waals surface area contributed by atoms with E-state index in [1.165, 1.54) is 58.0 Å². The molecule has 0 aromatic carbocycles. The Bertz CT molecular complexity index is 140. The molecule has 1 heterocycles. The molecule has 2 heteroatoms. The van der Waals surface area contributed by atoms with Crippen LogP contribution in [0.3, 0.4) is 0 Å². The van der Waals surface area contributed by atoms with Crippen LogP contribution < -0.4 is 4.90 Å². The Hall–Kier alpha value is -0.550. The van der Waals surface area contributed by atoms with Gasteiger partial charge in [-0.1, -0.05) is 26.7 Å². The summed E-state index contributed by atoms with van der Waals surface area (Å²) in [5.74, 6) is 0. The maximum Gasteiger partial charge on any atom is 0.0876 e. The van der Waals surface area contributed by atoms with E-state index in [1.807, 2.05) is 4.90 Å². The Morgan fingerprint density at radius 1 is 1.20 bits per heavy atom. The standard InChI is InChI=1S/C12H25N.CN/c1-3-5-8-12-9-7-11-13(12)10-6-4-2;1-2/h12H,3-11H2,1-2H3;/q;-1/p+1. The van der Waals surface area contributed by atoms with Crippen LogP contribution in [0.5, 0.6) is 0 Å². The normalized spacial score (nSPS) is 24.5. The van der Waals surface area contributed by atoms with Crippen molar-refractivity contribution >= 4 is 0 Å². The molecule has 2 atom stereocenters. The minimum absolute atomic E-state index is 1.02. The van der Waals surface area contributed by atoms with E-state index in [0.29, 0.717) is 0 Å². The van der Waals surface area contributed by atoms with Crippen molar-refractivity contribution in [1.82, 2.24) is 0 Å². The fourth-order valence-electron chi connectivity index (χ4n) is 2.52. The van der Waals surface area contributed by atoms with Gasteiger partial charge in [-0.2, -0.15) is 0 Å². The van der Waals surface area contributed by atoms with Gasteiger partial charge in [0.15, 0.2) is 0 Å². The lowest BCUT2D eigenvalue weighted by molar-refractivity contribution is -0.912. The van der Waals surface area contributed by atoms with Crippen LogP contribution >= 0.6 is 0 Å². The molecule has 2 unspecified atom stereocenters. The lowest BCUT2D eigenvalue weighted by Gasteiger charge is -2.21. The maximum atomic E-state index is 6.25. The summed E-state index contributed by atoms with van der Waals surface area (Å²) in [6.07, 6.45) is 10.1. The van der Waals surface area contributed by atoms with E-state index in [4.69, 9.17) is 11.8 Å². The Balaban J connectivity index is 0.000000921. The van der Waals surface area contributed by atoms with Crippen LogP contribution in [0.2, 0.25) is 0 Å². The summed E-state index contributed by atoms with van der Waals surface area (Å²) in [4.78, 5) is 1.91. The highest BCUT2D eigenvalue weighted by Gasteiger charge is 2.26. The second-order valence-corrected chi connectivity index (χ2v) is 4.49. The molecule has 2 nitrogen and oxygen atoms in total. The molecule has 0 radical (unpaired) electrons. The molecule has 1 fully saturated rings. The van der Waals surface area contributed by atoms with E-state index >= 15 is 0 Å². The lowest BCUT2D eigenvalue weighted by atomic mass is 10.1. The van der Waals surface area contributed by atoms with Gasteiger partial charge in [-0.25, -0.2) is 0 Å². The van der Waals surface area contributed by atoms with Crippen LogP contribution in [0.15, 0.2) is 0 Å². The zero-order valence-electron chi connectivity index (χ0n) is 10.4. The Morgan fingerprint density at radius 2 is 1.87 bits per heavy atom. The predicted octanol–water partition coefficient (Wildman–Crippen LogP) is 2.12. The van der Waals surface area contributed by atoms with Crippen LogP contribution in [-0.2, 0) is 0 Å². The van der Waals surface area contributed by atoms with Crippen LogP contribution in [0, 0.1) is 11.8 Å². The van der Waals surface area contributed by atoms with Crippen molar-refractivity contribution in [1.29, 1.82) is 5.26 Å². The summed E-state index contributed by atoms with van der Waals surface area (Å²) in [7, 11) is 0. The zero-order chi connectivity index (χ0) is 11.5. The number of quaternary nitrogens is 1. The SMILES string of the molecule is CCCCC1CCC[NH+]1CCCC.[C-]#N. The molecule has 0 spiro atoms. The fourth-order valence-corrected chi connectivity index (χ4v) is 2.52. The van der Waals surface area contributed by atoms with Gasteiger partial charge in [-0.3, -0.25) is 0 Å². The molecule has 0 aromatic heterocycles. The van der Waals surface area contributed by atoms with Gasteiger partial charge in [0.25, 0.3) is 0 Å². The quantitative estimate of drug-likeness (QED) is 0.668. The first-order chi connectivity index (χ1) is 7.38. The molecular weight excluding hydrogens is 184 g/mol. The minimum atomic E-state index is 1.02. The highest BCUT2D eigenvalue weighted by Crippen LogP contribution is 2.08. The molecule has 1 aliphatic heterocycles. The van der Waals surface area contributed by atoms with E-state index in [9.17, 15) is 0 Å². The second kappa shape index (κ2) is 9.98. The van der Waals surface area contributed by atoms with Crippen LogP contribution in [-0.4, -0.2) is 19.1 Å². The monoisotopic (exact) mass is 210 g/mol. The average Bonchev–Trinajstić information content (AvgIpc) is 2.73. The summed E-state index contributed by atoms with van der Waals surface area (Å²) in [6.45, 7) is 12.2. The number of rotatable bonds is 6. The average molecular weight is 210 g/mol. The topological polar surface area (TPSA) is 28.2 Å². The van der Waals surface area contributed by atoms with Gasteiger partial charge in [0.2, 0.25) is 0 Å². The molecule has 1 saturated heterocycles. The smallest absolute Gasteiger partial charge is 0.0876 e. The molecule has 1 N–H and O–H groups in total. The summed E-state index contributed by atoms with van der Waals surface area (Å²) >= 11 is 0. The van der Waals surface area contributed by atoms with E-state index in [0.717, 1.165) is 6.04 Å². The van der Waals surface area contributed by atoms with Crippen molar-refractivity contribution in [2.75, 3.05) is 13.1 Å². The number of hydrogen-bond acceptors (Lipinski definition) is 1. The van der Waals surface area contributed by atoms with Crippen LogP contribution in [0.1, 0.15) is 58.8 Å². The van der Waals surface area contributed by atoms with Gasteiger partial charge in [-0.05, 0) is 19.3 Å². The molecule has 0 bridgehead atoms. The van der Waals surface area contributed by atoms with E-state index in [1.54, 1.807) is 0 Å². The second-order valence-electron chi connectivity index (χ2n) is 4.49. The summed E-state index contributed by atoms with van der Waals surface area (Å²) in [5.41, 5.74) is 0. The van der Waals surface area contributed by atoms with Gasteiger partial charge in [0.1, 0.15) is 0 Å². The molecule has 1 rings (SSSR count). The van der Waals surface area contributed by atoms with Crippen molar-refractivity contribution < 1.29 is 4.90 Å². The van der Waals surface area contributed by atoms with Gasteiger partial charge in [0, 0.05) is 12.8 Å². The van der Waals surface area contributed by atoms with Crippen molar-refractivity contribution in [2.45, 2.75) is 64.8 Å². The lowest BCUT2D eigenvalue weighted by Crippen LogP contribution is -3.13. The third kappa shape index (κ3) is 5.79. The molecule has 1 aliphatic rings. The first-order valence-electron chi connectivity index (χ1n) is 6.45. The largest absolute Gasteiger partial charge is 0.512 e. The van der Waals surface area contributed by atoms with Crippen LogP contribution in [0.25, 0.3) is 0 Å². The number of nitrogens with one attached hydrogen (secondary N) is 1. The Labute approximate surface area is 95.3 Å². The molecule has 0 amide bonds. The van der Waals surface area contributed by atoms with Crippen molar-refractivity contribution in [3.05, 3.63) is 6.57 Å². The zero-order valence-corrected chi connectivity index (χ0v) is 10.4. The third-order valence-electron chi connectivity index (χ3n) is 3.39. The highest BCUT2D eigenvalue weighted by atomic mass is 15.2. The fraction of sp³-hybridized carbons (Fsp3) is 0.923. The molecule has 15 heavy (non-hydrogen) atoms. The van der Waals surface area contributed by atoms with E-state index < -0.39 is 0 Å². The third-order valence-corrected chi connectivity index (χ3v) is 3.39. The number of unbranched alkanes of at least 4 members (excludes halogenated alkanes) is 2. The number of nitrogens with zero attached hydrogens (tertiary/aromatic N) is 1. The van der Waals surface area contributed by atoms with Gasteiger partial charge >= 0.3 is 0 Å². The van der Waals surface area contributed by atoms with Crippen molar-refractivity contribution in [3.8, 4) is 0 Å². The molecule has 88 valence electrons. The first kappa shape index (κ1) is 14.5. The molecule has 0 aromatic rings.